The van der Waals surface area contributed by atoms with Gasteiger partial charge in [-0.05, 0) is 37.8 Å². The first-order valence-electron chi connectivity index (χ1n) is 9.03. The van der Waals surface area contributed by atoms with Crippen molar-refractivity contribution in [2.45, 2.75) is 32.7 Å². The number of aromatic nitrogens is 3. The summed E-state index contributed by atoms with van der Waals surface area (Å²) in [5.41, 5.74) is 3.19. The molecule has 26 heavy (non-hydrogen) atoms. The summed E-state index contributed by atoms with van der Waals surface area (Å²) in [6.45, 7) is 4.83. The van der Waals surface area contributed by atoms with Crippen LogP contribution in [0.1, 0.15) is 30.5 Å². The minimum atomic E-state index is -0.128. The fraction of sp³-hybridized carbons (Fsp3) is 0.421. The summed E-state index contributed by atoms with van der Waals surface area (Å²) in [5.74, 6) is 0. The van der Waals surface area contributed by atoms with Crippen LogP contribution in [0.3, 0.4) is 0 Å². The lowest BCUT2D eigenvalue weighted by Crippen LogP contribution is -2.31. The lowest BCUT2D eigenvalue weighted by atomic mass is 10.1. The number of benzene rings is 1. The molecule has 4 rings (SSSR count). The van der Waals surface area contributed by atoms with Crippen LogP contribution in [0, 0.1) is 6.92 Å². The number of fused-ring (bicyclic) bond motifs is 1. The number of hydrogen-bond acceptors (Lipinski definition) is 6. The molecule has 2 aromatic heterocycles. The van der Waals surface area contributed by atoms with E-state index < -0.39 is 0 Å². The van der Waals surface area contributed by atoms with Crippen LogP contribution in [-0.2, 0) is 6.54 Å². The van der Waals surface area contributed by atoms with E-state index in [0.29, 0.717) is 4.96 Å². The first-order chi connectivity index (χ1) is 12.6. The van der Waals surface area contributed by atoms with E-state index in [0.717, 1.165) is 30.5 Å². The van der Waals surface area contributed by atoms with Crippen molar-refractivity contribution in [1.82, 2.24) is 14.6 Å². The zero-order valence-electron chi connectivity index (χ0n) is 15.2. The molecule has 0 N–H and O–H groups in total. The molecule has 0 spiro atoms. The van der Waals surface area contributed by atoms with E-state index in [-0.39, 0.29) is 5.56 Å². The van der Waals surface area contributed by atoms with Crippen LogP contribution in [0.15, 0.2) is 35.1 Å². The molecule has 0 bridgehead atoms. The van der Waals surface area contributed by atoms with Crippen LogP contribution in [0.2, 0.25) is 0 Å². The summed E-state index contributed by atoms with van der Waals surface area (Å²) < 4.78 is 1.39. The highest BCUT2D eigenvalue weighted by atomic mass is 32.1. The van der Waals surface area contributed by atoms with Gasteiger partial charge in [-0.3, -0.25) is 4.79 Å². The SMILES string of the molecule is Cc1cc(=O)n2nc(N(C)Cc3ccccc3N3CCCCC3)sc2n1. The molecule has 3 heterocycles. The maximum Gasteiger partial charge on any atom is 0.275 e. The molecule has 1 aliphatic rings. The van der Waals surface area contributed by atoms with Gasteiger partial charge in [0.2, 0.25) is 10.1 Å². The second-order valence-electron chi connectivity index (χ2n) is 6.85. The van der Waals surface area contributed by atoms with Gasteiger partial charge in [0.15, 0.2) is 0 Å². The standard InChI is InChI=1S/C19H23N5OS/c1-14-12-17(25)24-18(20-14)26-19(21-24)22(2)13-15-8-4-5-9-16(15)23-10-6-3-7-11-23/h4-5,8-9,12H,3,6-7,10-11,13H2,1-2H3. The summed E-state index contributed by atoms with van der Waals surface area (Å²) in [7, 11) is 2.02. The molecule has 0 radical (unpaired) electrons. The van der Waals surface area contributed by atoms with Crippen molar-refractivity contribution in [2.75, 3.05) is 29.9 Å². The first-order valence-corrected chi connectivity index (χ1v) is 9.85. The highest BCUT2D eigenvalue weighted by molar-refractivity contribution is 7.20. The molecule has 1 saturated heterocycles. The van der Waals surface area contributed by atoms with Gasteiger partial charge in [0.1, 0.15) is 0 Å². The van der Waals surface area contributed by atoms with Crippen molar-refractivity contribution >= 4 is 27.1 Å². The summed E-state index contributed by atoms with van der Waals surface area (Å²) in [6, 6.07) is 10.1. The second kappa shape index (κ2) is 7.07. The molecule has 0 aliphatic carbocycles. The molecule has 0 amide bonds. The average Bonchev–Trinajstić information content (AvgIpc) is 3.07. The highest BCUT2D eigenvalue weighted by Gasteiger charge is 2.17. The Morgan fingerprint density at radius 1 is 1.19 bits per heavy atom. The van der Waals surface area contributed by atoms with Crippen LogP contribution in [-0.4, -0.2) is 34.7 Å². The molecule has 0 unspecified atom stereocenters. The molecule has 7 heteroatoms. The Labute approximate surface area is 156 Å². The van der Waals surface area contributed by atoms with Gasteiger partial charge in [-0.25, -0.2) is 4.98 Å². The Bertz CT molecular complexity index is 973. The molecule has 136 valence electrons. The van der Waals surface area contributed by atoms with Gasteiger partial charge in [0.05, 0.1) is 0 Å². The molecule has 0 atom stereocenters. The number of hydrogen-bond donors (Lipinski definition) is 0. The quantitative estimate of drug-likeness (QED) is 0.707. The van der Waals surface area contributed by atoms with E-state index in [1.54, 1.807) is 0 Å². The van der Waals surface area contributed by atoms with Crippen LogP contribution < -0.4 is 15.4 Å². The number of para-hydroxylation sites is 1. The molecule has 1 aliphatic heterocycles. The van der Waals surface area contributed by atoms with Gasteiger partial charge >= 0.3 is 0 Å². The lowest BCUT2D eigenvalue weighted by Gasteiger charge is -2.31. The number of anilines is 2. The van der Waals surface area contributed by atoms with E-state index in [9.17, 15) is 4.79 Å². The normalized spacial score (nSPS) is 14.8. The van der Waals surface area contributed by atoms with Crippen molar-refractivity contribution < 1.29 is 0 Å². The predicted molar refractivity (Wildman–Crippen MR) is 106 cm³/mol. The van der Waals surface area contributed by atoms with Crippen LogP contribution in [0.5, 0.6) is 0 Å². The third-order valence-electron chi connectivity index (χ3n) is 4.78. The van der Waals surface area contributed by atoms with Crippen LogP contribution >= 0.6 is 11.3 Å². The predicted octanol–water partition coefficient (Wildman–Crippen LogP) is 3.09. The Balaban J connectivity index is 1.61. The van der Waals surface area contributed by atoms with E-state index >= 15 is 0 Å². The molecule has 1 fully saturated rings. The largest absolute Gasteiger partial charge is 0.371 e. The third-order valence-corrected chi connectivity index (χ3v) is 5.81. The van der Waals surface area contributed by atoms with Gasteiger partial charge < -0.3 is 9.80 Å². The van der Waals surface area contributed by atoms with Gasteiger partial charge in [0, 0.05) is 44.1 Å². The smallest absolute Gasteiger partial charge is 0.275 e. The van der Waals surface area contributed by atoms with Crippen LogP contribution in [0.25, 0.3) is 4.96 Å². The summed E-state index contributed by atoms with van der Waals surface area (Å²) in [5, 5.41) is 5.26. The van der Waals surface area contributed by atoms with Crippen molar-refractivity contribution in [3.05, 3.63) is 51.9 Å². The van der Waals surface area contributed by atoms with E-state index in [2.05, 4.69) is 44.1 Å². The maximum atomic E-state index is 12.1. The number of nitrogens with zero attached hydrogens (tertiary/aromatic N) is 5. The van der Waals surface area contributed by atoms with Gasteiger partial charge in [0.25, 0.3) is 5.56 Å². The van der Waals surface area contributed by atoms with E-state index in [1.807, 2.05) is 14.0 Å². The van der Waals surface area contributed by atoms with Gasteiger partial charge in [-0.2, -0.15) is 4.52 Å². The molecule has 0 saturated carbocycles. The fourth-order valence-corrected chi connectivity index (χ4v) is 4.39. The average molecular weight is 369 g/mol. The molecular weight excluding hydrogens is 346 g/mol. The van der Waals surface area contributed by atoms with Crippen molar-refractivity contribution in [3.8, 4) is 0 Å². The van der Waals surface area contributed by atoms with Crippen molar-refractivity contribution in [3.63, 3.8) is 0 Å². The zero-order chi connectivity index (χ0) is 18.1. The molecule has 1 aromatic carbocycles. The van der Waals surface area contributed by atoms with Crippen molar-refractivity contribution in [2.24, 2.45) is 0 Å². The highest BCUT2D eigenvalue weighted by Crippen LogP contribution is 2.27. The van der Waals surface area contributed by atoms with E-state index in [4.69, 9.17) is 0 Å². The second-order valence-corrected chi connectivity index (χ2v) is 7.78. The molecule has 6 nitrogen and oxygen atoms in total. The maximum absolute atomic E-state index is 12.1. The summed E-state index contributed by atoms with van der Waals surface area (Å²) >= 11 is 1.45. The Morgan fingerprint density at radius 3 is 2.77 bits per heavy atom. The number of piperidine rings is 1. The number of rotatable bonds is 4. The summed E-state index contributed by atoms with van der Waals surface area (Å²) in [6.07, 6.45) is 3.84. The van der Waals surface area contributed by atoms with Gasteiger partial charge in [-0.1, -0.05) is 29.5 Å². The van der Waals surface area contributed by atoms with Crippen molar-refractivity contribution in [1.29, 1.82) is 0 Å². The summed E-state index contributed by atoms with van der Waals surface area (Å²) in [4.78, 5) is 21.7. The first kappa shape index (κ1) is 17.0. The zero-order valence-corrected chi connectivity index (χ0v) is 16.0. The third kappa shape index (κ3) is 3.31. The molecular formula is C19H23N5OS. The number of aryl methyl sites for hydroxylation is 1. The fourth-order valence-electron chi connectivity index (χ4n) is 3.48. The Morgan fingerprint density at radius 2 is 1.96 bits per heavy atom. The van der Waals surface area contributed by atoms with Crippen LogP contribution in [0.4, 0.5) is 10.8 Å². The molecule has 3 aromatic rings. The van der Waals surface area contributed by atoms with E-state index in [1.165, 1.54) is 52.4 Å². The minimum Gasteiger partial charge on any atom is -0.371 e. The topological polar surface area (TPSA) is 53.7 Å². The Kier molecular flexibility index (Phi) is 4.63. The minimum absolute atomic E-state index is 0.128. The monoisotopic (exact) mass is 369 g/mol. The lowest BCUT2D eigenvalue weighted by molar-refractivity contribution is 0.576. The Hall–Kier alpha value is -2.41. The van der Waals surface area contributed by atoms with Gasteiger partial charge in [-0.15, -0.1) is 5.10 Å².